The normalized spacial score (nSPS) is 20.9. The van der Waals surface area contributed by atoms with Crippen molar-refractivity contribution in [1.82, 2.24) is 10.2 Å². The van der Waals surface area contributed by atoms with Crippen LogP contribution in [0.5, 0.6) is 0 Å². The van der Waals surface area contributed by atoms with Crippen molar-refractivity contribution in [3.8, 4) is 0 Å². The lowest BCUT2D eigenvalue weighted by atomic mass is 9.95. The number of likely N-dealkylation sites (tertiary alicyclic amines) is 1. The molecule has 1 saturated carbocycles. The molecule has 1 aliphatic carbocycles. The summed E-state index contributed by atoms with van der Waals surface area (Å²) in [4.78, 5) is 14.5. The molecule has 108 valence electrons. The fraction of sp³-hybridized carbons (Fsp3) is 0.562. The summed E-state index contributed by atoms with van der Waals surface area (Å²) in [6.45, 7) is 3.04. The van der Waals surface area contributed by atoms with E-state index < -0.39 is 0 Å². The summed E-state index contributed by atoms with van der Waals surface area (Å²) in [5.74, 6) is 0.521. The largest absolute Gasteiger partial charge is 0.353 e. The van der Waals surface area contributed by atoms with Gasteiger partial charge in [-0.2, -0.15) is 0 Å². The van der Waals surface area contributed by atoms with E-state index in [4.69, 9.17) is 0 Å². The Hall–Kier alpha value is -0.870. The fourth-order valence-electron chi connectivity index (χ4n) is 2.75. The SMILES string of the molecule is O=C(NC1CC1)C1CCN(Cc2ccc(Br)cc2)CC1. The van der Waals surface area contributed by atoms with Gasteiger partial charge in [0.25, 0.3) is 0 Å². The summed E-state index contributed by atoms with van der Waals surface area (Å²) in [5.41, 5.74) is 1.34. The molecular formula is C16H21BrN2O. The van der Waals surface area contributed by atoms with E-state index in [1.807, 2.05) is 0 Å². The molecule has 1 heterocycles. The van der Waals surface area contributed by atoms with Gasteiger partial charge in [0.2, 0.25) is 5.91 Å². The van der Waals surface area contributed by atoms with Gasteiger partial charge in [-0.1, -0.05) is 28.1 Å². The number of nitrogens with one attached hydrogen (secondary N) is 1. The predicted octanol–water partition coefficient (Wildman–Crippen LogP) is 2.94. The topological polar surface area (TPSA) is 32.3 Å². The van der Waals surface area contributed by atoms with Crippen LogP contribution in [-0.2, 0) is 11.3 Å². The number of rotatable bonds is 4. The maximum atomic E-state index is 12.0. The van der Waals surface area contributed by atoms with E-state index in [1.54, 1.807) is 0 Å². The van der Waals surface area contributed by atoms with Crippen LogP contribution in [0.4, 0.5) is 0 Å². The minimum absolute atomic E-state index is 0.233. The van der Waals surface area contributed by atoms with Gasteiger partial charge in [0.05, 0.1) is 0 Å². The quantitative estimate of drug-likeness (QED) is 0.916. The second-order valence-corrected chi connectivity index (χ2v) is 6.88. The number of amides is 1. The zero-order chi connectivity index (χ0) is 13.9. The van der Waals surface area contributed by atoms with E-state index in [0.717, 1.165) is 36.9 Å². The van der Waals surface area contributed by atoms with Gasteiger partial charge in [0.1, 0.15) is 0 Å². The first-order chi connectivity index (χ1) is 9.70. The maximum Gasteiger partial charge on any atom is 0.223 e. The van der Waals surface area contributed by atoms with Crippen molar-refractivity contribution >= 4 is 21.8 Å². The zero-order valence-electron chi connectivity index (χ0n) is 11.6. The lowest BCUT2D eigenvalue weighted by Gasteiger charge is -2.31. The van der Waals surface area contributed by atoms with Gasteiger partial charge in [-0.3, -0.25) is 9.69 Å². The Balaban J connectivity index is 1.45. The molecular weight excluding hydrogens is 316 g/mol. The standard InChI is InChI=1S/C16H21BrN2O/c17-14-3-1-12(2-4-14)11-19-9-7-13(8-10-19)16(20)18-15-5-6-15/h1-4,13,15H,5-11H2,(H,18,20). The van der Waals surface area contributed by atoms with Crippen LogP contribution in [0.25, 0.3) is 0 Å². The first-order valence-corrected chi connectivity index (χ1v) is 8.27. The third-order valence-corrected chi connectivity index (χ3v) is 4.73. The van der Waals surface area contributed by atoms with Gasteiger partial charge in [-0.15, -0.1) is 0 Å². The average Bonchev–Trinajstić information content (AvgIpc) is 3.26. The van der Waals surface area contributed by atoms with E-state index >= 15 is 0 Å². The highest BCUT2D eigenvalue weighted by atomic mass is 79.9. The molecule has 3 nitrogen and oxygen atoms in total. The Kier molecular flexibility index (Phi) is 4.41. The molecule has 0 bridgehead atoms. The molecule has 0 atom stereocenters. The molecule has 0 unspecified atom stereocenters. The van der Waals surface area contributed by atoms with Crippen LogP contribution in [0.1, 0.15) is 31.2 Å². The smallest absolute Gasteiger partial charge is 0.223 e. The van der Waals surface area contributed by atoms with Crippen molar-refractivity contribution in [2.24, 2.45) is 5.92 Å². The number of hydrogen-bond donors (Lipinski definition) is 1. The molecule has 3 rings (SSSR count). The Labute approximate surface area is 128 Å². The van der Waals surface area contributed by atoms with Gasteiger partial charge in [-0.05, 0) is 56.5 Å². The van der Waals surface area contributed by atoms with Crippen LogP contribution in [0.15, 0.2) is 28.7 Å². The fourth-order valence-corrected chi connectivity index (χ4v) is 3.01. The maximum absolute atomic E-state index is 12.0. The highest BCUT2D eigenvalue weighted by Crippen LogP contribution is 2.23. The highest BCUT2D eigenvalue weighted by molar-refractivity contribution is 9.10. The molecule has 2 fully saturated rings. The number of piperidine rings is 1. The van der Waals surface area contributed by atoms with E-state index in [-0.39, 0.29) is 11.8 Å². The molecule has 0 radical (unpaired) electrons. The monoisotopic (exact) mass is 336 g/mol. The Morgan fingerprint density at radius 2 is 1.80 bits per heavy atom. The van der Waals surface area contributed by atoms with E-state index in [1.165, 1.54) is 18.4 Å². The summed E-state index contributed by atoms with van der Waals surface area (Å²) >= 11 is 3.46. The van der Waals surface area contributed by atoms with E-state index in [9.17, 15) is 4.79 Å². The minimum Gasteiger partial charge on any atom is -0.353 e. The van der Waals surface area contributed by atoms with Gasteiger partial charge in [0, 0.05) is 23.0 Å². The van der Waals surface area contributed by atoms with Gasteiger partial charge >= 0.3 is 0 Å². The summed E-state index contributed by atoms with van der Waals surface area (Å²) in [7, 11) is 0. The second-order valence-electron chi connectivity index (χ2n) is 5.96. The molecule has 0 aromatic heterocycles. The lowest BCUT2D eigenvalue weighted by molar-refractivity contribution is -0.126. The van der Waals surface area contributed by atoms with Crippen molar-refractivity contribution in [2.75, 3.05) is 13.1 Å². The van der Waals surface area contributed by atoms with Gasteiger partial charge in [0.15, 0.2) is 0 Å². The molecule has 1 saturated heterocycles. The minimum atomic E-state index is 0.233. The molecule has 0 spiro atoms. The Bertz CT molecular complexity index is 462. The van der Waals surface area contributed by atoms with Crippen LogP contribution in [-0.4, -0.2) is 29.9 Å². The zero-order valence-corrected chi connectivity index (χ0v) is 13.2. The van der Waals surface area contributed by atoms with Crippen LogP contribution in [0, 0.1) is 5.92 Å². The van der Waals surface area contributed by atoms with Crippen molar-refractivity contribution in [2.45, 2.75) is 38.3 Å². The second kappa shape index (κ2) is 6.27. The lowest BCUT2D eigenvalue weighted by Crippen LogP contribution is -2.40. The number of hydrogen-bond acceptors (Lipinski definition) is 2. The number of carbonyl (C=O) groups excluding carboxylic acids is 1. The number of carbonyl (C=O) groups is 1. The van der Waals surface area contributed by atoms with Crippen LogP contribution in [0.2, 0.25) is 0 Å². The predicted molar refractivity (Wildman–Crippen MR) is 83.3 cm³/mol. The summed E-state index contributed by atoms with van der Waals surface area (Å²) in [6.07, 6.45) is 4.34. The van der Waals surface area contributed by atoms with Crippen molar-refractivity contribution in [1.29, 1.82) is 0 Å². The van der Waals surface area contributed by atoms with Crippen molar-refractivity contribution in [3.05, 3.63) is 34.3 Å². The molecule has 1 N–H and O–H groups in total. The number of benzene rings is 1. The highest BCUT2D eigenvalue weighted by Gasteiger charge is 2.29. The van der Waals surface area contributed by atoms with E-state index in [2.05, 4.69) is 50.4 Å². The average molecular weight is 337 g/mol. The first-order valence-electron chi connectivity index (χ1n) is 7.48. The van der Waals surface area contributed by atoms with Gasteiger partial charge in [-0.25, -0.2) is 0 Å². The van der Waals surface area contributed by atoms with Crippen molar-refractivity contribution in [3.63, 3.8) is 0 Å². The number of nitrogens with zero attached hydrogens (tertiary/aromatic N) is 1. The molecule has 2 aliphatic rings. The summed E-state index contributed by atoms with van der Waals surface area (Å²) in [6, 6.07) is 8.99. The van der Waals surface area contributed by atoms with Crippen LogP contribution >= 0.6 is 15.9 Å². The van der Waals surface area contributed by atoms with Crippen molar-refractivity contribution < 1.29 is 4.79 Å². The molecule has 1 aromatic carbocycles. The third kappa shape index (κ3) is 3.83. The van der Waals surface area contributed by atoms with Crippen LogP contribution in [0.3, 0.4) is 0 Å². The Morgan fingerprint density at radius 3 is 2.40 bits per heavy atom. The molecule has 1 aromatic rings. The third-order valence-electron chi connectivity index (χ3n) is 4.20. The molecule has 1 aliphatic heterocycles. The Morgan fingerprint density at radius 1 is 1.15 bits per heavy atom. The van der Waals surface area contributed by atoms with Crippen LogP contribution < -0.4 is 5.32 Å². The first kappa shape index (κ1) is 14.1. The summed E-state index contributed by atoms with van der Waals surface area (Å²) < 4.78 is 1.12. The summed E-state index contributed by atoms with van der Waals surface area (Å²) in [5, 5.41) is 3.13. The number of halogens is 1. The molecule has 4 heteroatoms. The molecule has 1 amide bonds. The van der Waals surface area contributed by atoms with Gasteiger partial charge < -0.3 is 5.32 Å². The van der Waals surface area contributed by atoms with E-state index in [0.29, 0.717) is 6.04 Å². The molecule has 20 heavy (non-hydrogen) atoms.